The molecule has 146 valence electrons. The van der Waals surface area contributed by atoms with Crippen molar-refractivity contribution in [2.45, 2.75) is 32.0 Å². The van der Waals surface area contributed by atoms with Gasteiger partial charge in [-0.1, -0.05) is 18.7 Å². The number of thioether (sulfide) groups is 1. The number of aromatic nitrogens is 2. The Kier molecular flexibility index (Phi) is 6.15. The van der Waals surface area contributed by atoms with Gasteiger partial charge in [-0.05, 0) is 43.0 Å². The van der Waals surface area contributed by atoms with Gasteiger partial charge in [-0.3, -0.25) is 19.0 Å². The summed E-state index contributed by atoms with van der Waals surface area (Å²) in [6.07, 6.45) is 2.67. The van der Waals surface area contributed by atoms with Gasteiger partial charge in [-0.25, -0.2) is 4.98 Å². The van der Waals surface area contributed by atoms with E-state index in [1.165, 1.54) is 34.6 Å². The first kappa shape index (κ1) is 20.1. The second kappa shape index (κ2) is 8.57. The second-order valence-corrected chi connectivity index (χ2v) is 7.97. The monoisotopic (exact) mass is 416 g/mol. The Morgan fingerprint density at radius 2 is 1.82 bits per heavy atom. The highest BCUT2D eigenvalue weighted by molar-refractivity contribution is 7.98. The van der Waals surface area contributed by atoms with E-state index < -0.39 is 0 Å². The maximum absolute atomic E-state index is 12.9. The van der Waals surface area contributed by atoms with Crippen LogP contribution < -0.4 is 16.2 Å². The molecule has 0 fully saturated rings. The van der Waals surface area contributed by atoms with Gasteiger partial charge in [0, 0.05) is 23.2 Å². The van der Waals surface area contributed by atoms with Crippen LogP contribution in [0.15, 0.2) is 40.3 Å². The molecule has 0 unspecified atom stereocenters. The zero-order valence-corrected chi connectivity index (χ0v) is 17.4. The molecule has 1 aromatic carbocycles. The van der Waals surface area contributed by atoms with E-state index in [0.717, 1.165) is 11.3 Å². The van der Waals surface area contributed by atoms with Crippen LogP contribution in [0.4, 0.5) is 11.4 Å². The summed E-state index contributed by atoms with van der Waals surface area (Å²) < 4.78 is 1.40. The third-order valence-corrected chi connectivity index (χ3v) is 5.84. The molecule has 0 saturated heterocycles. The lowest BCUT2D eigenvalue weighted by molar-refractivity contribution is -0.117. The van der Waals surface area contributed by atoms with Crippen molar-refractivity contribution in [3.63, 3.8) is 0 Å². The standard InChI is InChI=1S/C19H20N4O3S2/c1-4-14-9-15-17(28-14)22-19(27-3)23(18(15)26)10-16(25)21-13-7-5-12(6-8-13)20-11(2)24/h5-9H,4,10H2,1-3H3,(H,20,24)(H,21,25). The summed E-state index contributed by atoms with van der Waals surface area (Å²) in [5.41, 5.74) is 1.02. The molecule has 0 aliphatic rings. The van der Waals surface area contributed by atoms with Gasteiger partial charge < -0.3 is 10.6 Å². The number of nitrogens with zero attached hydrogens (tertiary/aromatic N) is 2. The fraction of sp³-hybridized carbons (Fsp3) is 0.263. The van der Waals surface area contributed by atoms with Crippen molar-refractivity contribution in [3.8, 4) is 0 Å². The molecule has 2 N–H and O–H groups in total. The van der Waals surface area contributed by atoms with Gasteiger partial charge in [0.1, 0.15) is 11.4 Å². The number of carbonyl (C=O) groups excluding carboxylic acids is 2. The Morgan fingerprint density at radius 1 is 1.18 bits per heavy atom. The SMILES string of the molecule is CCc1cc2c(=O)n(CC(=O)Nc3ccc(NC(C)=O)cc3)c(SC)nc2s1. The van der Waals surface area contributed by atoms with Crippen LogP contribution in [0.25, 0.3) is 10.2 Å². The number of thiophene rings is 1. The van der Waals surface area contributed by atoms with E-state index in [4.69, 9.17) is 0 Å². The zero-order valence-electron chi connectivity index (χ0n) is 15.7. The maximum Gasteiger partial charge on any atom is 0.263 e. The number of hydrogen-bond acceptors (Lipinski definition) is 6. The second-order valence-electron chi connectivity index (χ2n) is 6.08. The number of rotatable bonds is 6. The summed E-state index contributed by atoms with van der Waals surface area (Å²) in [6, 6.07) is 8.63. The number of fused-ring (bicyclic) bond motifs is 1. The van der Waals surface area contributed by atoms with Crippen molar-refractivity contribution in [3.05, 3.63) is 45.6 Å². The smallest absolute Gasteiger partial charge is 0.263 e. The van der Waals surface area contributed by atoms with Crippen molar-refractivity contribution in [2.24, 2.45) is 0 Å². The van der Waals surface area contributed by atoms with Crippen LogP contribution in [0, 0.1) is 0 Å². The van der Waals surface area contributed by atoms with Crippen LogP contribution in [0.5, 0.6) is 0 Å². The molecule has 0 aliphatic carbocycles. The van der Waals surface area contributed by atoms with E-state index in [9.17, 15) is 14.4 Å². The van der Waals surface area contributed by atoms with E-state index in [1.54, 1.807) is 24.3 Å². The lowest BCUT2D eigenvalue weighted by Gasteiger charge is -2.11. The van der Waals surface area contributed by atoms with Crippen molar-refractivity contribution < 1.29 is 9.59 Å². The summed E-state index contributed by atoms with van der Waals surface area (Å²) in [4.78, 5) is 42.8. The minimum absolute atomic E-state index is 0.122. The van der Waals surface area contributed by atoms with Crippen LogP contribution in [0.2, 0.25) is 0 Å². The van der Waals surface area contributed by atoms with E-state index in [2.05, 4.69) is 15.6 Å². The molecule has 9 heteroatoms. The van der Waals surface area contributed by atoms with Crippen LogP contribution in [0.1, 0.15) is 18.7 Å². The highest BCUT2D eigenvalue weighted by atomic mass is 32.2. The number of hydrogen-bond donors (Lipinski definition) is 2. The molecule has 0 radical (unpaired) electrons. The first-order valence-corrected chi connectivity index (χ1v) is 10.7. The van der Waals surface area contributed by atoms with Gasteiger partial charge in [0.15, 0.2) is 5.16 Å². The molecule has 3 aromatic rings. The van der Waals surface area contributed by atoms with Crippen molar-refractivity contribution in [2.75, 3.05) is 16.9 Å². The van der Waals surface area contributed by atoms with Gasteiger partial charge in [-0.15, -0.1) is 11.3 Å². The van der Waals surface area contributed by atoms with Gasteiger partial charge in [0.25, 0.3) is 5.56 Å². The molecular weight excluding hydrogens is 396 g/mol. The third kappa shape index (κ3) is 4.42. The predicted molar refractivity (Wildman–Crippen MR) is 114 cm³/mol. The summed E-state index contributed by atoms with van der Waals surface area (Å²) in [5.74, 6) is -0.486. The molecule has 0 atom stereocenters. The third-order valence-electron chi connectivity index (χ3n) is 3.99. The summed E-state index contributed by atoms with van der Waals surface area (Å²) in [5, 5.41) is 6.49. The molecule has 7 nitrogen and oxygen atoms in total. The lowest BCUT2D eigenvalue weighted by atomic mass is 10.2. The molecule has 2 aromatic heterocycles. The fourth-order valence-corrected chi connectivity index (χ4v) is 4.27. The van der Waals surface area contributed by atoms with Crippen molar-refractivity contribution in [1.29, 1.82) is 0 Å². The van der Waals surface area contributed by atoms with E-state index in [-0.39, 0.29) is 23.9 Å². The van der Waals surface area contributed by atoms with Crippen LogP contribution in [-0.4, -0.2) is 27.6 Å². The Balaban J connectivity index is 1.81. The minimum atomic E-state index is -0.322. The van der Waals surface area contributed by atoms with Crippen LogP contribution in [0.3, 0.4) is 0 Å². The summed E-state index contributed by atoms with van der Waals surface area (Å²) >= 11 is 2.84. The Morgan fingerprint density at radius 3 is 2.39 bits per heavy atom. The molecular formula is C19H20N4O3S2. The number of aryl methyl sites for hydroxylation is 1. The van der Waals surface area contributed by atoms with Crippen molar-refractivity contribution in [1.82, 2.24) is 9.55 Å². The summed E-state index contributed by atoms with van der Waals surface area (Å²) in [6.45, 7) is 3.34. The van der Waals surface area contributed by atoms with Crippen LogP contribution in [-0.2, 0) is 22.6 Å². The number of anilines is 2. The van der Waals surface area contributed by atoms with Gasteiger partial charge >= 0.3 is 0 Å². The van der Waals surface area contributed by atoms with E-state index in [1.807, 2.05) is 19.2 Å². The number of benzene rings is 1. The van der Waals surface area contributed by atoms with E-state index in [0.29, 0.717) is 26.7 Å². The molecule has 0 saturated carbocycles. The molecule has 3 rings (SSSR count). The number of amides is 2. The Labute approximate surface area is 170 Å². The number of nitrogens with one attached hydrogen (secondary N) is 2. The molecule has 0 spiro atoms. The Bertz CT molecular complexity index is 1090. The summed E-state index contributed by atoms with van der Waals surface area (Å²) in [7, 11) is 0. The molecule has 28 heavy (non-hydrogen) atoms. The van der Waals surface area contributed by atoms with E-state index >= 15 is 0 Å². The molecule has 0 bridgehead atoms. The Hall–Kier alpha value is -2.65. The van der Waals surface area contributed by atoms with Crippen molar-refractivity contribution >= 4 is 56.5 Å². The zero-order chi connectivity index (χ0) is 20.3. The quantitative estimate of drug-likeness (QED) is 0.475. The molecule has 2 heterocycles. The topological polar surface area (TPSA) is 93.1 Å². The van der Waals surface area contributed by atoms with Gasteiger partial charge in [0.05, 0.1) is 5.39 Å². The predicted octanol–water partition coefficient (Wildman–Crippen LogP) is 3.34. The average Bonchev–Trinajstić information content (AvgIpc) is 3.08. The first-order valence-electron chi connectivity index (χ1n) is 8.66. The molecule has 0 aliphatic heterocycles. The first-order chi connectivity index (χ1) is 13.4. The van der Waals surface area contributed by atoms with Gasteiger partial charge in [0.2, 0.25) is 11.8 Å². The number of carbonyl (C=O) groups is 2. The van der Waals surface area contributed by atoms with Crippen LogP contribution >= 0.6 is 23.1 Å². The highest BCUT2D eigenvalue weighted by Crippen LogP contribution is 2.24. The lowest BCUT2D eigenvalue weighted by Crippen LogP contribution is -2.29. The molecule has 2 amide bonds. The minimum Gasteiger partial charge on any atom is -0.326 e. The largest absolute Gasteiger partial charge is 0.326 e. The normalized spacial score (nSPS) is 10.8. The maximum atomic E-state index is 12.9. The average molecular weight is 417 g/mol. The fourth-order valence-electron chi connectivity index (χ4n) is 2.70. The highest BCUT2D eigenvalue weighted by Gasteiger charge is 2.16. The van der Waals surface area contributed by atoms with Gasteiger partial charge in [-0.2, -0.15) is 0 Å².